The van der Waals surface area contributed by atoms with E-state index in [0.29, 0.717) is 22.3 Å². The van der Waals surface area contributed by atoms with Crippen molar-refractivity contribution in [2.24, 2.45) is 0 Å². The molecule has 1 atom stereocenters. The third-order valence-corrected chi connectivity index (χ3v) is 5.77. The average molecular weight is 463 g/mol. The van der Waals surface area contributed by atoms with E-state index < -0.39 is 0 Å². The molecule has 0 aliphatic heterocycles. The van der Waals surface area contributed by atoms with Crippen LogP contribution in [0.3, 0.4) is 0 Å². The number of nitrogens with zero attached hydrogens (tertiary/aromatic N) is 1. The lowest BCUT2D eigenvalue weighted by Crippen LogP contribution is -2.42. The molecule has 2 rings (SSSR count). The Hall–Kier alpha value is -1.98. The number of unbranched alkanes of at least 4 members (excludes halogenated alkanes) is 4. The Morgan fingerprint density at radius 2 is 1.78 bits per heavy atom. The predicted octanol–water partition coefficient (Wildman–Crippen LogP) is 6.62. The van der Waals surface area contributed by atoms with Gasteiger partial charge in [-0.1, -0.05) is 63.3 Å². The quantitative estimate of drug-likeness (QED) is 0.302. The van der Waals surface area contributed by atoms with E-state index in [2.05, 4.69) is 31.0 Å². The van der Waals surface area contributed by atoms with E-state index in [0.717, 1.165) is 25.2 Å². The molecule has 32 heavy (non-hydrogen) atoms. The predicted molar refractivity (Wildman–Crippen MR) is 132 cm³/mol. The summed E-state index contributed by atoms with van der Waals surface area (Å²) in [5.74, 6) is 1.33. The van der Waals surface area contributed by atoms with Crippen LogP contribution in [0.15, 0.2) is 34.7 Å². The Bertz CT molecular complexity index is 791. The van der Waals surface area contributed by atoms with Crippen molar-refractivity contribution in [1.82, 2.24) is 10.2 Å². The molecule has 0 aliphatic carbocycles. The van der Waals surface area contributed by atoms with E-state index in [-0.39, 0.29) is 18.6 Å². The summed E-state index contributed by atoms with van der Waals surface area (Å²) < 4.78 is 11.5. The van der Waals surface area contributed by atoms with Crippen LogP contribution in [-0.2, 0) is 6.61 Å². The molecule has 0 bridgehead atoms. The van der Waals surface area contributed by atoms with E-state index >= 15 is 0 Å². The van der Waals surface area contributed by atoms with Gasteiger partial charge in [-0.05, 0) is 63.5 Å². The van der Waals surface area contributed by atoms with Gasteiger partial charge in [-0.15, -0.1) is 0 Å². The van der Waals surface area contributed by atoms with Gasteiger partial charge in [0, 0.05) is 12.6 Å². The fourth-order valence-electron chi connectivity index (χ4n) is 3.71. The lowest BCUT2D eigenvalue weighted by atomic mass is 10.2. The fourth-order valence-corrected chi connectivity index (χ4v) is 3.99. The van der Waals surface area contributed by atoms with Gasteiger partial charge in [0.05, 0.1) is 5.02 Å². The van der Waals surface area contributed by atoms with Gasteiger partial charge in [-0.3, -0.25) is 4.79 Å². The van der Waals surface area contributed by atoms with Crippen LogP contribution in [-0.4, -0.2) is 36.5 Å². The maximum absolute atomic E-state index is 12.7. The number of benzene rings is 1. The lowest BCUT2D eigenvalue weighted by Gasteiger charge is -2.26. The Kier molecular flexibility index (Phi) is 11.7. The van der Waals surface area contributed by atoms with Gasteiger partial charge in [-0.25, -0.2) is 0 Å². The summed E-state index contributed by atoms with van der Waals surface area (Å²) in [4.78, 5) is 15.1. The van der Waals surface area contributed by atoms with E-state index in [9.17, 15) is 4.79 Å². The molecule has 178 valence electrons. The molecule has 1 heterocycles. The molecule has 1 aromatic heterocycles. The first-order valence-corrected chi connectivity index (χ1v) is 12.3. The number of aryl methyl sites for hydroxylation is 1. The molecule has 1 amide bonds. The van der Waals surface area contributed by atoms with Crippen molar-refractivity contribution in [2.75, 3.05) is 19.6 Å². The highest BCUT2D eigenvalue weighted by molar-refractivity contribution is 6.32. The lowest BCUT2D eigenvalue weighted by molar-refractivity contribution is 0.0896. The summed E-state index contributed by atoms with van der Waals surface area (Å²) in [5.41, 5.74) is 0.957. The third-order valence-electron chi connectivity index (χ3n) is 5.47. The van der Waals surface area contributed by atoms with Crippen LogP contribution >= 0.6 is 11.6 Å². The number of rotatable bonds is 15. The monoisotopic (exact) mass is 462 g/mol. The van der Waals surface area contributed by atoms with Gasteiger partial charge in [0.2, 0.25) is 0 Å². The highest BCUT2D eigenvalue weighted by Crippen LogP contribution is 2.28. The zero-order valence-electron chi connectivity index (χ0n) is 20.1. The van der Waals surface area contributed by atoms with Gasteiger partial charge in [0.15, 0.2) is 5.76 Å². The second-order valence-electron chi connectivity index (χ2n) is 8.53. The Morgan fingerprint density at radius 3 is 2.41 bits per heavy atom. The maximum atomic E-state index is 12.7. The van der Waals surface area contributed by atoms with Gasteiger partial charge < -0.3 is 19.4 Å². The smallest absolute Gasteiger partial charge is 0.287 e. The first kappa shape index (κ1) is 26.3. The minimum absolute atomic E-state index is 0.0429. The molecule has 0 radical (unpaired) electrons. The van der Waals surface area contributed by atoms with Gasteiger partial charge >= 0.3 is 0 Å². The number of carbonyl (C=O) groups excluding carboxylic acids is 1. The van der Waals surface area contributed by atoms with Crippen molar-refractivity contribution in [3.8, 4) is 5.75 Å². The van der Waals surface area contributed by atoms with Crippen LogP contribution < -0.4 is 10.1 Å². The first-order valence-electron chi connectivity index (χ1n) is 11.9. The summed E-state index contributed by atoms with van der Waals surface area (Å²) in [6.07, 6.45) is 7.34. The Balaban J connectivity index is 1.86. The van der Waals surface area contributed by atoms with E-state index in [1.54, 1.807) is 18.2 Å². The van der Waals surface area contributed by atoms with Gasteiger partial charge in [0.1, 0.15) is 18.1 Å². The van der Waals surface area contributed by atoms with Gasteiger partial charge in [-0.2, -0.15) is 0 Å². The summed E-state index contributed by atoms with van der Waals surface area (Å²) >= 11 is 6.21. The van der Waals surface area contributed by atoms with Gasteiger partial charge in [0.25, 0.3) is 5.91 Å². The normalized spacial score (nSPS) is 12.2. The molecule has 2 aromatic rings. The minimum atomic E-state index is -0.195. The van der Waals surface area contributed by atoms with Crippen LogP contribution in [0.5, 0.6) is 5.75 Å². The number of ether oxygens (including phenoxy) is 1. The Labute approximate surface area is 198 Å². The second kappa shape index (κ2) is 14.2. The Morgan fingerprint density at radius 1 is 1.09 bits per heavy atom. The van der Waals surface area contributed by atoms with Crippen LogP contribution in [0, 0.1) is 6.92 Å². The number of hydrogen-bond acceptors (Lipinski definition) is 4. The number of halogens is 1. The summed E-state index contributed by atoms with van der Waals surface area (Å²) in [5, 5.41) is 3.64. The molecule has 6 heteroatoms. The largest absolute Gasteiger partial charge is 0.484 e. The zero-order valence-corrected chi connectivity index (χ0v) is 20.8. The average Bonchev–Trinajstić information content (AvgIpc) is 3.23. The molecule has 0 fully saturated rings. The van der Waals surface area contributed by atoms with Crippen LogP contribution in [0.1, 0.15) is 81.2 Å². The molecule has 0 aliphatic rings. The number of para-hydroxylation sites is 1. The number of furan rings is 1. The molecule has 1 unspecified atom stereocenters. The topological polar surface area (TPSA) is 54.7 Å². The fraction of sp³-hybridized carbons (Fsp3) is 0.577. The summed E-state index contributed by atoms with van der Waals surface area (Å²) in [6.45, 7) is 11.7. The second-order valence-corrected chi connectivity index (χ2v) is 8.94. The number of nitrogens with one attached hydrogen (secondary N) is 1. The molecule has 0 saturated heterocycles. The van der Waals surface area contributed by atoms with Crippen molar-refractivity contribution >= 4 is 17.5 Å². The molecular formula is C26H39ClN2O3. The van der Waals surface area contributed by atoms with Crippen molar-refractivity contribution in [3.05, 3.63) is 52.4 Å². The van der Waals surface area contributed by atoms with E-state index in [1.807, 2.05) is 19.1 Å². The number of amides is 1. The molecule has 0 spiro atoms. The summed E-state index contributed by atoms with van der Waals surface area (Å²) in [6, 6.07) is 9.13. The molecule has 1 aromatic carbocycles. The van der Waals surface area contributed by atoms with Crippen molar-refractivity contribution in [2.45, 2.75) is 78.9 Å². The first-order chi connectivity index (χ1) is 15.4. The van der Waals surface area contributed by atoms with Crippen molar-refractivity contribution in [3.63, 3.8) is 0 Å². The van der Waals surface area contributed by atoms with Crippen molar-refractivity contribution < 1.29 is 13.9 Å². The van der Waals surface area contributed by atoms with Crippen molar-refractivity contribution in [1.29, 1.82) is 0 Å². The highest BCUT2D eigenvalue weighted by atomic mass is 35.5. The summed E-state index contributed by atoms with van der Waals surface area (Å²) in [7, 11) is 0. The standard InChI is InChI=1S/C26H39ClN2O3/c1-5-7-9-16-29(17-10-8-6-2)18-21(4)28-26(30)24-15-14-22(32-24)19-31-25-20(3)12-11-13-23(25)27/h11-15,21H,5-10,16-19H2,1-4H3,(H,28,30). The number of hydrogen-bond donors (Lipinski definition) is 1. The van der Waals surface area contributed by atoms with Crippen LogP contribution in [0.4, 0.5) is 0 Å². The molecule has 5 nitrogen and oxygen atoms in total. The third kappa shape index (κ3) is 8.87. The SMILES string of the molecule is CCCCCN(CCCCC)CC(C)NC(=O)c1ccc(COc2c(C)cccc2Cl)o1. The highest BCUT2D eigenvalue weighted by Gasteiger charge is 2.17. The maximum Gasteiger partial charge on any atom is 0.287 e. The molecular weight excluding hydrogens is 424 g/mol. The van der Waals surface area contributed by atoms with Crippen LogP contribution in [0.25, 0.3) is 0 Å². The van der Waals surface area contributed by atoms with E-state index in [4.69, 9.17) is 20.8 Å². The molecule has 1 N–H and O–H groups in total. The van der Waals surface area contributed by atoms with E-state index in [1.165, 1.54) is 38.5 Å². The zero-order chi connectivity index (χ0) is 23.3. The van der Waals surface area contributed by atoms with Crippen LogP contribution in [0.2, 0.25) is 5.02 Å². The number of carbonyl (C=O) groups is 1. The molecule has 0 saturated carbocycles. The minimum Gasteiger partial charge on any atom is -0.484 e.